The van der Waals surface area contributed by atoms with Gasteiger partial charge in [-0.25, -0.2) is 9.80 Å². The monoisotopic (exact) mass is 432 g/mol. The van der Waals surface area contributed by atoms with Gasteiger partial charge in [0.05, 0.1) is 6.54 Å². The van der Waals surface area contributed by atoms with Crippen LogP contribution in [0.2, 0.25) is 0 Å². The molecule has 1 amide bonds. The quantitative estimate of drug-likeness (QED) is 0.572. The molecule has 8 nitrogen and oxygen atoms in total. The van der Waals surface area contributed by atoms with Crippen molar-refractivity contribution in [2.24, 2.45) is 15.7 Å². The summed E-state index contributed by atoms with van der Waals surface area (Å²) < 4.78 is 4.27. The first kappa shape index (κ1) is 23.7. The van der Waals surface area contributed by atoms with Crippen molar-refractivity contribution in [3.63, 3.8) is 0 Å². The summed E-state index contributed by atoms with van der Waals surface area (Å²) in [5, 5.41) is 12.8. The number of aliphatic carboxylic acids is 1. The van der Waals surface area contributed by atoms with Crippen molar-refractivity contribution in [2.45, 2.75) is 45.7 Å². The van der Waals surface area contributed by atoms with E-state index in [9.17, 15) is 19.6 Å². The molecule has 1 aliphatic rings. The molecule has 1 heterocycles. The summed E-state index contributed by atoms with van der Waals surface area (Å²) in [6, 6.07) is 7.12. The normalized spacial score (nSPS) is 15.9. The summed E-state index contributed by atoms with van der Waals surface area (Å²) in [6.07, 6.45) is 5.90. The number of hydrazine groups is 1. The van der Waals surface area contributed by atoms with Crippen molar-refractivity contribution in [3.8, 4) is 0 Å². The molecule has 0 spiro atoms. The smallest absolute Gasteiger partial charge is 0.328 e. The van der Waals surface area contributed by atoms with Gasteiger partial charge in [0, 0.05) is 25.0 Å². The van der Waals surface area contributed by atoms with Crippen LogP contribution in [0.5, 0.6) is 0 Å². The molecule has 1 aromatic carbocycles. The number of carbonyl (C=O) groups is 2. The first-order valence-corrected chi connectivity index (χ1v) is 11.4. The summed E-state index contributed by atoms with van der Waals surface area (Å²) in [4.78, 5) is 42.1. The van der Waals surface area contributed by atoms with Gasteiger partial charge in [-0.3, -0.25) is 14.8 Å². The lowest BCUT2D eigenvalue weighted by Crippen LogP contribution is -2.57. The zero-order valence-electron chi connectivity index (χ0n) is 17.6. The number of carboxylic acid groups (broad SMARTS) is 1. The van der Waals surface area contributed by atoms with E-state index in [1.54, 1.807) is 12.4 Å². The number of benzene rings is 1. The number of aliphatic imine (C=N–C) groups is 1. The Kier molecular flexibility index (Phi) is 9.15. The Labute approximate surface area is 178 Å². The topological polar surface area (TPSA) is 109 Å². The van der Waals surface area contributed by atoms with E-state index >= 15 is 0 Å². The molecular formula is C21H29N4O4P. The molecule has 1 N–H and O–H groups in total. The van der Waals surface area contributed by atoms with Crippen molar-refractivity contribution in [1.29, 1.82) is 0 Å². The van der Waals surface area contributed by atoms with Crippen LogP contribution in [0.3, 0.4) is 0 Å². The van der Waals surface area contributed by atoms with Gasteiger partial charge < -0.3 is 10.00 Å². The van der Waals surface area contributed by atoms with Gasteiger partial charge >= 0.3 is 5.97 Å². The molecule has 1 aromatic rings. The van der Waals surface area contributed by atoms with Gasteiger partial charge in [0.25, 0.3) is 5.91 Å². The van der Waals surface area contributed by atoms with E-state index in [1.165, 1.54) is 16.2 Å². The largest absolute Gasteiger partial charge is 0.612 e. The standard InChI is InChI=1S/C21H29N4O4P/c1-4-14-30(29)23-19(16(2)3)20(26)25(24-12-10-22-11-13-24)18(21(27)28)15-17-8-6-5-7-9-17/h5-12,16,18-19H,4,13-15H2,1-3H3,(H,27,28)/t18-,19-/m0/s1. The number of nitrogens with zero attached hydrogens (tertiary/aromatic N) is 4. The Balaban J connectivity index is 2.44. The molecule has 0 bridgehead atoms. The highest BCUT2D eigenvalue weighted by Gasteiger charge is 2.39. The molecule has 1 unspecified atom stereocenters. The Morgan fingerprint density at radius 1 is 1.33 bits per heavy atom. The number of rotatable bonds is 10. The predicted molar refractivity (Wildman–Crippen MR) is 116 cm³/mol. The van der Waals surface area contributed by atoms with Gasteiger partial charge in [0.1, 0.15) is 6.16 Å². The van der Waals surface area contributed by atoms with Gasteiger partial charge in [-0.05, 0) is 17.9 Å². The predicted octanol–water partition coefficient (Wildman–Crippen LogP) is 2.66. The molecule has 3 atom stereocenters. The van der Waals surface area contributed by atoms with E-state index in [4.69, 9.17) is 0 Å². The van der Waals surface area contributed by atoms with Crippen LogP contribution in [0.25, 0.3) is 0 Å². The fourth-order valence-corrected chi connectivity index (χ4v) is 4.23. The van der Waals surface area contributed by atoms with Crippen molar-refractivity contribution >= 4 is 26.0 Å². The number of hydrogen-bond donors (Lipinski definition) is 1. The summed E-state index contributed by atoms with van der Waals surface area (Å²) in [5.74, 6) is -1.83. The van der Waals surface area contributed by atoms with Crippen LogP contribution < -0.4 is 4.89 Å². The van der Waals surface area contributed by atoms with Crippen LogP contribution >= 0.6 is 7.94 Å². The summed E-state index contributed by atoms with van der Waals surface area (Å²) in [6.45, 7) is 5.80. The number of carbonyl (C=O) groups excluding carboxylic acids is 1. The average molecular weight is 432 g/mol. The van der Waals surface area contributed by atoms with Crippen LogP contribution in [0.1, 0.15) is 32.8 Å². The molecular weight excluding hydrogens is 403 g/mol. The highest BCUT2D eigenvalue weighted by molar-refractivity contribution is 7.39. The van der Waals surface area contributed by atoms with Crippen LogP contribution in [0, 0.1) is 5.92 Å². The lowest BCUT2D eigenvalue weighted by atomic mass is 10.0. The molecule has 0 aliphatic carbocycles. The molecule has 162 valence electrons. The third kappa shape index (κ3) is 6.47. The summed E-state index contributed by atoms with van der Waals surface area (Å²) >= 11 is 0. The molecule has 30 heavy (non-hydrogen) atoms. The molecule has 9 heteroatoms. The Morgan fingerprint density at radius 3 is 2.57 bits per heavy atom. The van der Waals surface area contributed by atoms with E-state index in [-0.39, 0.29) is 18.9 Å². The van der Waals surface area contributed by atoms with Crippen LogP contribution in [-0.4, -0.2) is 58.0 Å². The zero-order valence-corrected chi connectivity index (χ0v) is 18.5. The average Bonchev–Trinajstić information content (AvgIpc) is 2.73. The first-order valence-electron chi connectivity index (χ1n) is 10.0. The minimum absolute atomic E-state index is 0.134. The van der Waals surface area contributed by atoms with E-state index in [2.05, 4.69) is 9.74 Å². The first-order chi connectivity index (χ1) is 14.3. The number of hydrogen-bond acceptors (Lipinski definition) is 6. The highest BCUT2D eigenvalue weighted by Crippen LogP contribution is 2.25. The van der Waals surface area contributed by atoms with E-state index in [1.807, 2.05) is 51.1 Å². The second kappa shape index (κ2) is 11.6. The van der Waals surface area contributed by atoms with Crippen molar-refractivity contribution in [1.82, 2.24) is 10.0 Å². The second-order valence-electron chi connectivity index (χ2n) is 7.36. The maximum Gasteiger partial charge on any atom is 0.328 e. The Bertz CT molecular complexity index is 810. The van der Waals surface area contributed by atoms with Gasteiger partial charge in [0.15, 0.2) is 20.0 Å². The minimum Gasteiger partial charge on any atom is -0.612 e. The van der Waals surface area contributed by atoms with Gasteiger partial charge in [0.2, 0.25) is 0 Å². The van der Waals surface area contributed by atoms with Crippen molar-refractivity contribution in [3.05, 3.63) is 48.3 Å². The lowest BCUT2D eigenvalue weighted by molar-refractivity contribution is -0.165. The fourth-order valence-electron chi connectivity index (χ4n) is 3.09. The van der Waals surface area contributed by atoms with Crippen molar-refractivity contribution in [2.75, 3.05) is 12.7 Å². The highest BCUT2D eigenvalue weighted by atomic mass is 31.1. The van der Waals surface area contributed by atoms with E-state index in [0.717, 1.165) is 5.56 Å². The molecule has 0 saturated carbocycles. The number of amides is 1. The molecule has 0 radical (unpaired) electrons. The van der Waals surface area contributed by atoms with E-state index < -0.39 is 31.9 Å². The SMILES string of the molecule is CCC[P+]([O-])=N[C@H](C(=O)N([C@@H](Cc1ccccc1)C(=O)O)N1C=CN=CC1)C(C)C. The fraction of sp³-hybridized carbons (Fsp3) is 0.476. The Hall–Kier alpha value is -2.57. The summed E-state index contributed by atoms with van der Waals surface area (Å²) in [7, 11) is -1.89. The number of carboxylic acids is 1. The van der Waals surface area contributed by atoms with Gasteiger partial charge in [-0.2, -0.15) is 0 Å². The third-order valence-corrected chi connectivity index (χ3v) is 5.94. The minimum atomic E-state index is -1.89. The third-order valence-electron chi connectivity index (χ3n) is 4.61. The van der Waals surface area contributed by atoms with Gasteiger partial charge in [-0.1, -0.05) is 51.1 Å². The van der Waals surface area contributed by atoms with Gasteiger partial charge in [-0.15, -0.1) is 4.74 Å². The maximum atomic E-state index is 13.6. The Morgan fingerprint density at radius 2 is 2.03 bits per heavy atom. The molecule has 2 rings (SSSR count). The lowest BCUT2D eigenvalue weighted by Gasteiger charge is -2.39. The van der Waals surface area contributed by atoms with Crippen LogP contribution in [0.15, 0.2) is 52.5 Å². The summed E-state index contributed by atoms with van der Waals surface area (Å²) in [5.41, 5.74) is 0.799. The second-order valence-corrected chi connectivity index (χ2v) is 8.74. The van der Waals surface area contributed by atoms with Crippen LogP contribution in [0.4, 0.5) is 0 Å². The van der Waals surface area contributed by atoms with E-state index in [0.29, 0.717) is 12.6 Å². The molecule has 0 aromatic heterocycles. The van der Waals surface area contributed by atoms with Crippen molar-refractivity contribution < 1.29 is 19.6 Å². The molecule has 0 saturated heterocycles. The maximum absolute atomic E-state index is 13.6. The molecule has 1 aliphatic heterocycles. The molecule has 0 fully saturated rings. The van der Waals surface area contributed by atoms with Crippen LogP contribution in [-0.2, 0) is 16.0 Å². The zero-order chi connectivity index (χ0) is 22.1.